The molecule has 1 saturated carbocycles. The van der Waals surface area contributed by atoms with Crippen molar-refractivity contribution in [1.29, 1.82) is 0 Å². The summed E-state index contributed by atoms with van der Waals surface area (Å²) in [6.07, 6.45) is 8.82. The molecule has 1 aliphatic rings. The summed E-state index contributed by atoms with van der Waals surface area (Å²) < 4.78 is 5.45. The zero-order chi connectivity index (χ0) is 14.9. The number of rotatable bonds is 6. The maximum atomic E-state index is 11.9. The average Bonchev–Trinajstić information content (AvgIpc) is 2.54. The van der Waals surface area contributed by atoms with Crippen molar-refractivity contribution in [2.45, 2.75) is 32.1 Å². The molecule has 1 aromatic carbocycles. The molecule has 0 spiro atoms. The number of hydrogen-bond acceptors (Lipinski definition) is 3. The third-order valence-electron chi connectivity index (χ3n) is 3.59. The van der Waals surface area contributed by atoms with E-state index in [1.54, 1.807) is 12.3 Å². The van der Waals surface area contributed by atoms with Crippen molar-refractivity contribution >= 4 is 12.1 Å². The van der Waals surface area contributed by atoms with E-state index in [0.29, 0.717) is 6.61 Å². The van der Waals surface area contributed by atoms with Gasteiger partial charge in [0, 0.05) is 5.92 Å². The van der Waals surface area contributed by atoms with Crippen molar-refractivity contribution in [1.82, 2.24) is 5.43 Å². The Labute approximate surface area is 125 Å². The number of hydrazone groups is 1. The Hall–Kier alpha value is -2.10. The summed E-state index contributed by atoms with van der Waals surface area (Å²) in [6, 6.07) is 7.56. The highest BCUT2D eigenvalue weighted by Gasteiger charge is 2.20. The van der Waals surface area contributed by atoms with Gasteiger partial charge < -0.3 is 4.74 Å². The molecule has 2 rings (SSSR count). The third kappa shape index (κ3) is 5.06. The van der Waals surface area contributed by atoms with Crippen molar-refractivity contribution in [3.05, 3.63) is 42.5 Å². The van der Waals surface area contributed by atoms with E-state index in [9.17, 15) is 4.79 Å². The average molecular weight is 286 g/mol. The smallest absolute Gasteiger partial charge is 0.243 e. The Balaban J connectivity index is 1.85. The van der Waals surface area contributed by atoms with E-state index in [1.807, 2.05) is 24.3 Å². The summed E-state index contributed by atoms with van der Waals surface area (Å²) in [6.45, 7) is 4.08. The van der Waals surface area contributed by atoms with Crippen LogP contribution in [0.3, 0.4) is 0 Å². The van der Waals surface area contributed by atoms with Crippen LogP contribution in [0.15, 0.2) is 42.0 Å². The van der Waals surface area contributed by atoms with Gasteiger partial charge in [-0.15, -0.1) is 0 Å². The van der Waals surface area contributed by atoms with Crippen LogP contribution in [0.25, 0.3) is 0 Å². The van der Waals surface area contributed by atoms with E-state index >= 15 is 0 Å². The Bertz CT molecular complexity index is 505. The van der Waals surface area contributed by atoms with Gasteiger partial charge in [0.2, 0.25) is 5.91 Å². The maximum absolute atomic E-state index is 11.9. The van der Waals surface area contributed by atoms with Crippen molar-refractivity contribution < 1.29 is 9.53 Å². The zero-order valence-corrected chi connectivity index (χ0v) is 12.3. The molecule has 0 aliphatic heterocycles. The monoisotopic (exact) mass is 286 g/mol. The van der Waals surface area contributed by atoms with E-state index in [4.69, 9.17) is 4.74 Å². The molecule has 0 radical (unpaired) electrons. The van der Waals surface area contributed by atoms with Crippen LogP contribution in [0.4, 0.5) is 0 Å². The minimum atomic E-state index is 0.0324. The van der Waals surface area contributed by atoms with Gasteiger partial charge in [0.25, 0.3) is 0 Å². The van der Waals surface area contributed by atoms with Crippen molar-refractivity contribution in [3.63, 3.8) is 0 Å². The van der Waals surface area contributed by atoms with Crippen LogP contribution in [0.2, 0.25) is 0 Å². The van der Waals surface area contributed by atoms with Crippen molar-refractivity contribution in [3.8, 4) is 5.75 Å². The first-order valence-corrected chi connectivity index (χ1v) is 7.46. The number of hydrogen-bond donors (Lipinski definition) is 1. The molecule has 4 nitrogen and oxygen atoms in total. The highest BCUT2D eigenvalue weighted by Crippen LogP contribution is 2.23. The second-order valence-electron chi connectivity index (χ2n) is 5.24. The van der Waals surface area contributed by atoms with Gasteiger partial charge in [-0.25, -0.2) is 5.43 Å². The molecule has 1 amide bonds. The molecule has 0 atom stereocenters. The first kappa shape index (κ1) is 15.3. The van der Waals surface area contributed by atoms with Gasteiger partial charge in [0.1, 0.15) is 12.4 Å². The fourth-order valence-corrected chi connectivity index (χ4v) is 2.47. The second-order valence-corrected chi connectivity index (χ2v) is 5.24. The number of ether oxygens (including phenoxy) is 1. The van der Waals surface area contributed by atoms with E-state index in [0.717, 1.165) is 37.0 Å². The van der Waals surface area contributed by atoms with Crippen LogP contribution < -0.4 is 10.2 Å². The lowest BCUT2D eigenvalue weighted by Gasteiger charge is -2.19. The summed E-state index contributed by atoms with van der Waals surface area (Å²) >= 11 is 0. The maximum Gasteiger partial charge on any atom is 0.243 e. The Kier molecular flexibility index (Phi) is 6.00. The van der Waals surface area contributed by atoms with Crippen LogP contribution in [0.1, 0.15) is 37.7 Å². The molecule has 1 aromatic rings. The summed E-state index contributed by atoms with van der Waals surface area (Å²) in [5, 5.41) is 4.04. The largest absolute Gasteiger partial charge is 0.490 e. The molecule has 112 valence electrons. The summed E-state index contributed by atoms with van der Waals surface area (Å²) in [7, 11) is 0. The number of amides is 1. The Morgan fingerprint density at radius 1 is 1.38 bits per heavy atom. The lowest BCUT2D eigenvalue weighted by atomic mass is 9.89. The predicted octanol–water partition coefficient (Wildman–Crippen LogP) is 3.28. The van der Waals surface area contributed by atoms with Crippen LogP contribution in [-0.2, 0) is 4.79 Å². The van der Waals surface area contributed by atoms with Gasteiger partial charge in [-0.05, 0) is 30.5 Å². The summed E-state index contributed by atoms with van der Waals surface area (Å²) in [4.78, 5) is 11.9. The highest BCUT2D eigenvalue weighted by molar-refractivity contribution is 5.83. The van der Waals surface area contributed by atoms with Gasteiger partial charge in [0.05, 0.1) is 6.21 Å². The van der Waals surface area contributed by atoms with Gasteiger partial charge in [0.15, 0.2) is 0 Å². The highest BCUT2D eigenvalue weighted by atomic mass is 16.5. The van der Waals surface area contributed by atoms with Crippen LogP contribution in [-0.4, -0.2) is 18.7 Å². The number of nitrogens with one attached hydrogen (secondary N) is 1. The molecule has 1 fully saturated rings. The number of carbonyl (C=O) groups is 1. The SMILES string of the molecule is C=CCOc1cccc(/C=N\NC(=O)C2CCCCC2)c1. The standard InChI is InChI=1S/C17H22N2O2/c1-2-11-21-16-10-6-7-14(12-16)13-18-19-17(20)15-8-4-3-5-9-15/h2,6-7,10,12-13,15H,1,3-5,8-9,11H2,(H,19,20)/b18-13-. The molecule has 21 heavy (non-hydrogen) atoms. The van der Waals surface area contributed by atoms with E-state index in [1.165, 1.54) is 6.42 Å². The Morgan fingerprint density at radius 2 is 2.19 bits per heavy atom. The normalized spacial score (nSPS) is 15.8. The lowest BCUT2D eigenvalue weighted by Crippen LogP contribution is -2.28. The number of carbonyl (C=O) groups excluding carboxylic acids is 1. The van der Waals surface area contributed by atoms with Gasteiger partial charge in [-0.3, -0.25) is 4.79 Å². The Morgan fingerprint density at radius 3 is 2.95 bits per heavy atom. The minimum absolute atomic E-state index is 0.0324. The fraction of sp³-hybridized carbons (Fsp3) is 0.412. The molecule has 1 aliphatic carbocycles. The van der Waals surface area contributed by atoms with Crippen LogP contribution in [0, 0.1) is 5.92 Å². The van der Waals surface area contributed by atoms with E-state index in [2.05, 4.69) is 17.1 Å². The number of nitrogens with zero attached hydrogens (tertiary/aromatic N) is 1. The second kappa shape index (κ2) is 8.25. The van der Waals surface area contributed by atoms with Crippen LogP contribution >= 0.6 is 0 Å². The zero-order valence-electron chi connectivity index (χ0n) is 12.3. The van der Waals surface area contributed by atoms with Crippen molar-refractivity contribution in [2.24, 2.45) is 11.0 Å². The molecule has 1 N–H and O–H groups in total. The first-order valence-electron chi connectivity index (χ1n) is 7.46. The number of benzene rings is 1. The van der Waals surface area contributed by atoms with Crippen LogP contribution in [0.5, 0.6) is 5.75 Å². The minimum Gasteiger partial charge on any atom is -0.490 e. The molecule has 0 heterocycles. The third-order valence-corrected chi connectivity index (χ3v) is 3.59. The van der Waals surface area contributed by atoms with Gasteiger partial charge in [-0.1, -0.05) is 44.1 Å². The predicted molar refractivity (Wildman–Crippen MR) is 84.4 cm³/mol. The summed E-state index contributed by atoms with van der Waals surface area (Å²) in [5.74, 6) is 0.917. The molecule has 0 bridgehead atoms. The van der Waals surface area contributed by atoms with E-state index in [-0.39, 0.29) is 11.8 Å². The van der Waals surface area contributed by atoms with Gasteiger partial charge >= 0.3 is 0 Å². The first-order chi connectivity index (χ1) is 10.3. The molecule has 4 heteroatoms. The molecular weight excluding hydrogens is 264 g/mol. The molecule has 0 saturated heterocycles. The quantitative estimate of drug-likeness (QED) is 0.495. The summed E-state index contributed by atoms with van der Waals surface area (Å²) in [5.41, 5.74) is 3.53. The molecular formula is C17H22N2O2. The molecule has 0 aromatic heterocycles. The molecule has 0 unspecified atom stereocenters. The topological polar surface area (TPSA) is 50.7 Å². The fourth-order valence-electron chi connectivity index (χ4n) is 2.47. The van der Waals surface area contributed by atoms with Gasteiger partial charge in [-0.2, -0.15) is 5.10 Å². The van der Waals surface area contributed by atoms with E-state index < -0.39 is 0 Å². The lowest BCUT2D eigenvalue weighted by molar-refractivity contribution is -0.125. The van der Waals surface area contributed by atoms with Crippen molar-refractivity contribution in [2.75, 3.05) is 6.61 Å².